The predicted octanol–water partition coefficient (Wildman–Crippen LogP) is 2.71. The molecule has 1 aliphatic heterocycles. The molecule has 168 valence electrons. The molecule has 1 aliphatic rings. The van der Waals surface area contributed by atoms with Crippen LogP contribution in [0.3, 0.4) is 0 Å². The fourth-order valence-electron chi connectivity index (χ4n) is 4.51. The van der Waals surface area contributed by atoms with Gasteiger partial charge < -0.3 is 20.2 Å². The Morgan fingerprint density at radius 2 is 2.12 bits per heavy atom. The van der Waals surface area contributed by atoms with Gasteiger partial charge >= 0.3 is 0 Å². The van der Waals surface area contributed by atoms with Crippen LogP contribution in [0.5, 0.6) is 0 Å². The molecule has 2 aromatic carbocycles. The van der Waals surface area contributed by atoms with Gasteiger partial charge in [-0.2, -0.15) is 0 Å². The average molecular weight is 446 g/mol. The van der Waals surface area contributed by atoms with E-state index in [4.69, 9.17) is 5.73 Å². The number of hydrogen-bond donors (Lipinski definition) is 2. The zero-order chi connectivity index (χ0) is 23.3. The highest BCUT2D eigenvalue weighted by molar-refractivity contribution is 5.99. The van der Waals surface area contributed by atoms with Crippen molar-refractivity contribution < 1.29 is 9.72 Å². The quantitative estimate of drug-likeness (QED) is 0.357. The van der Waals surface area contributed by atoms with Crippen LogP contribution in [0.25, 0.3) is 33.2 Å². The minimum atomic E-state index is -0.439. The number of non-ortho nitro benzene ring substituents is 1. The van der Waals surface area contributed by atoms with E-state index in [1.807, 2.05) is 10.6 Å². The first-order chi connectivity index (χ1) is 15.9. The van der Waals surface area contributed by atoms with Crippen LogP contribution < -0.4 is 16.2 Å². The first-order valence-electron chi connectivity index (χ1n) is 10.7. The standard InChI is InChI=1S/C23H22N6O4/c1-13(30)28-8-5-14-9-18-19(11-20(14)28)26-23(31)22(25-18)17-12-27(7-2-6-24)21-10-15(29(32)33)3-4-16(17)21/h3-4,9-12H,2,5-8,24H2,1H3,(H,26,31). The molecule has 10 nitrogen and oxygen atoms in total. The highest BCUT2D eigenvalue weighted by atomic mass is 16.6. The molecule has 0 fully saturated rings. The monoisotopic (exact) mass is 446 g/mol. The zero-order valence-corrected chi connectivity index (χ0v) is 18.0. The lowest BCUT2D eigenvalue weighted by Crippen LogP contribution is -2.25. The number of aryl methyl sites for hydroxylation is 1. The third-order valence-corrected chi connectivity index (χ3v) is 6.10. The van der Waals surface area contributed by atoms with Crippen molar-refractivity contribution in [3.63, 3.8) is 0 Å². The lowest BCUT2D eigenvalue weighted by Gasteiger charge is -2.15. The van der Waals surface area contributed by atoms with Crippen molar-refractivity contribution in [2.75, 3.05) is 18.0 Å². The number of anilines is 1. The van der Waals surface area contributed by atoms with E-state index in [2.05, 4.69) is 9.97 Å². The van der Waals surface area contributed by atoms with Crippen LogP contribution >= 0.6 is 0 Å². The van der Waals surface area contributed by atoms with Gasteiger partial charge in [0.25, 0.3) is 11.2 Å². The lowest BCUT2D eigenvalue weighted by atomic mass is 10.1. The molecule has 1 amide bonds. The van der Waals surface area contributed by atoms with Crippen molar-refractivity contribution >= 4 is 39.2 Å². The van der Waals surface area contributed by atoms with E-state index < -0.39 is 4.92 Å². The Morgan fingerprint density at radius 1 is 1.30 bits per heavy atom. The largest absolute Gasteiger partial charge is 0.347 e. The highest BCUT2D eigenvalue weighted by Gasteiger charge is 2.24. The molecule has 3 N–H and O–H groups in total. The van der Waals surface area contributed by atoms with E-state index in [0.29, 0.717) is 53.6 Å². The van der Waals surface area contributed by atoms with Crippen molar-refractivity contribution in [3.8, 4) is 11.3 Å². The Hall–Kier alpha value is -4.05. The van der Waals surface area contributed by atoms with Crippen molar-refractivity contribution in [2.45, 2.75) is 26.3 Å². The van der Waals surface area contributed by atoms with Crippen LogP contribution in [0.2, 0.25) is 0 Å². The van der Waals surface area contributed by atoms with Crippen molar-refractivity contribution in [3.05, 3.63) is 62.6 Å². The topological polar surface area (TPSA) is 140 Å². The number of benzene rings is 2. The van der Waals surface area contributed by atoms with Gasteiger partial charge in [0.1, 0.15) is 5.69 Å². The maximum Gasteiger partial charge on any atom is 0.275 e. The number of hydrogen-bond acceptors (Lipinski definition) is 6. The Kier molecular flexibility index (Phi) is 4.94. The Bertz CT molecular complexity index is 1500. The fourth-order valence-corrected chi connectivity index (χ4v) is 4.51. The lowest BCUT2D eigenvalue weighted by molar-refractivity contribution is -0.384. The van der Waals surface area contributed by atoms with Crippen LogP contribution in [0.15, 0.2) is 41.3 Å². The number of carbonyl (C=O) groups excluding carboxylic acids is 1. The summed E-state index contributed by atoms with van der Waals surface area (Å²) in [6.07, 6.45) is 3.22. The summed E-state index contributed by atoms with van der Waals surface area (Å²) in [5.41, 5.74) is 9.75. The number of nitro groups is 1. The summed E-state index contributed by atoms with van der Waals surface area (Å²) >= 11 is 0. The molecule has 0 saturated heterocycles. The van der Waals surface area contributed by atoms with Crippen molar-refractivity contribution in [1.82, 2.24) is 14.5 Å². The zero-order valence-electron chi connectivity index (χ0n) is 18.0. The summed E-state index contributed by atoms with van der Waals surface area (Å²) in [7, 11) is 0. The molecule has 0 spiro atoms. The van der Waals surface area contributed by atoms with Gasteiger partial charge in [-0.25, -0.2) is 4.98 Å². The molecule has 0 saturated carbocycles. The molecule has 0 atom stereocenters. The maximum absolute atomic E-state index is 13.1. The summed E-state index contributed by atoms with van der Waals surface area (Å²) in [5.74, 6) is -0.0422. The van der Waals surface area contributed by atoms with Gasteiger partial charge in [0, 0.05) is 55.0 Å². The van der Waals surface area contributed by atoms with E-state index in [-0.39, 0.29) is 22.8 Å². The van der Waals surface area contributed by atoms with Crippen LogP contribution in [0.1, 0.15) is 18.9 Å². The number of rotatable bonds is 5. The molecule has 33 heavy (non-hydrogen) atoms. The molecule has 0 bridgehead atoms. The number of fused-ring (bicyclic) bond motifs is 3. The number of aromatic nitrogens is 3. The molecule has 0 unspecified atom stereocenters. The van der Waals surface area contributed by atoms with Gasteiger partial charge in [-0.1, -0.05) is 0 Å². The summed E-state index contributed by atoms with van der Waals surface area (Å²) in [5, 5.41) is 12.0. The van der Waals surface area contributed by atoms with Gasteiger partial charge in [0.2, 0.25) is 5.91 Å². The molecule has 0 aliphatic carbocycles. The fraction of sp³-hybridized carbons (Fsp3) is 0.261. The number of nitrogens with one attached hydrogen (secondary N) is 1. The smallest absolute Gasteiger partial charge is 0.275 e. The van der Waals surface area contributed by atoms with Crippen LogP contribution in [0.4, 0.5) is 11.4 Å². The SMILES string of the molecule is CC(=O)N1CCc2cc3nc(-c4cn(CCCN)c5cc([N+](=O)[O-])ccc45)c(=O)[nH]c3cc21. The molecule has 10 heteroatoms. The van der Waals surface area contributed by atoms with Gasteiger partial charge in [-0.05, 0) is 43.1 Å². The number of carbonyl (C=O) groups is 1. The van der Waals surface area contributed by atoms with E-state index >= 15 is 0 Å². The van der Waals surface area contributed by atoms with Gasteiger partial charge in [0.05, 0.1) is 21.5 Å². The Morgan fingerprint density at radius 3 is 2.85 bits per heavy atom. The molecule has 5 rings (SSSR count). The number of amides is 1. The van der Waals surface area contributed by atoms with E-state index in [1.54, 1.807) is 23.2 Å². The van der Waals surface area contributed by atoms with Gasteiger partial charge in [-0.3, -0.25) is 19.7 Å². The predicted molar refractivity (Wildman–Crippen MR) is 125 cm³/mol. The number of nitrogens with zero attached hydrogens (tertiary/aromatic N) is 4. The summed E-state index contributed by atoms with van der Waals surface area (Å²) < 4.78 is 1.88. The van der Waals surface area contributed by atoms with Gasteiger partial charge in [-0.15, -0.1) is 0 Å². The molecule has 0 radical (unpaired) electrons. The summed E-state index contributed by atoms with van der Waals surface area (Å²) in [6, 6.07) is 8.29. The summed E-state index contributed by atoms with van der Waals surface area (Å²) in [6.45, 7) is 3.16. The number of nitro benzene ring substituents is 1. The number of nitrogens with two attached hydrogens (primary N) is 1. The normalized spacial score (nSPS) is 13.1. The molecule has 3 heterocycles. The third kappa shape index (κ3) is 3.44. The minimum absolute atomic E-state index is 0.0212. The first-order valence-corrected chi connectivity index (χ1v) is 10.7. The first kappa shape index (κ1) is 20.8. The highest BCUT2D eigenvalue weighted by Crippen LogP contribution is 2.34. The number of H-pyrrole nitrogens is 1. The molecular formula is C23H22N6O4. The summed E-state index contributed by atoms with van der Waals surface area (Å²) in [4.78, 5) is 45.1. The van der Waals surface area contributed by atoms with Crippen LogP contribution in [0, 0.1) is 10.1 Å². The third-order valence-electron chi connectivity index (χ3n) is 6.10. The van der Waals surface area contributed by atoms with E-state index in [9.17, 15) is 19.7 Å². The van der Waals surface area contributed by atoms with E-state index in [0.717, 1.165) is 17.7 Å². The van der Waals surface area contributed by atoms with E-state index in [1.165, 1.54) is 19.1 Å². The Labute approximate surface area is 187 Å². The second-order valence-corrected chi connectivity index (χ2v) is 8.17. The average Bonchev–Trinajstić information content (AvgIpc) is 3.36. The van der Waals surface area contributed by atoms with Crippen molar-refractivity contribution in [2.24, 2.45) is 5.73 Å². The second kappa shape index (κ2) is 7.82. The second-order valence-electron chi connectivity index (χ2n) is 8.17. The Balaban J connectivity index is 1.69. The number of aromatic amines is 1. The van der Waals surface area contributed by atoms with Crippen LogP contribution in [-0.2, 0) is 17.8 Å². The van der Waals surface area contributed by atoms with Crippen LogP contribution in [-0.4, -0.2) is 38.5 Å². The molecule has 4 aromatic rings. The van der Waals surface area contributed by atoms with Gasteiger partial charge in [0.15, 0.2) is 0 Å². The molecular weight excluding hydrogens is 424 g/mol. The maximum atomic E-state index is 13.1. The molecule has 2 aromatic heterocycles. The minimum Gasteiger partial charge on any atom is -0.347 e. The van der Waals surface area contributed by atoms with Crippen molar-refractivity contribution in [1.29, 1.82) is 0 Å².